The monoisotopic (exact) mass is 454 g/mol. The molecule has 0 saturated carbocycles. The van der Waals surface area contributed by atoms with Gasteiger partial charge in [0.05, 0.1) is 4.90 Å². The summed E-state index contributed by atoms with van der Waals surface area (Å²) in [6.07, 6.45) is 0.775. The topological polar surface area (TPSA) is 96.6 Å². The van der Waals surface area contributed by atoms with Crippen molar-refractivity contribution in [2.75, 3.05) is 19.6 Å². The lowest BCUT2D eigenvalue weighted by molar-refractivity contribution is 0.598. The van der Waals surface area contributed by atoms with E-state index in [4.69, 9.17) is 5.14 Å². The highest BCUT2D eigenvalue weighted by Gasteiger charge is 2.06. The van der Waals surface area contributed by atoms with Crippen LogP contribution in [0.3, 0.4) is 0 Å². The summed E-state index contributed by atoms with van der Waals surface area (Å²) in [5.74, 6) is 1.32. The molecule has 132 valence electrons. The van der Waals surface area contributed by atoms with E-state index in [0.717, 1.165) is 37.6 Å². The molecule has 0 aromatic heterocycles. The first-order valence-electron chi connectivity index (χ1n) is 7.47. The molecule has 1 aromatic carbocycles. The van der Waals surface area contributed by atoms with Crippen molar-refractivity contribution >= 4 is 40.0 Å². The Morgan fingerprint density at radius 1 is 1.22 bits per heavy atom. The molecule has 0 aliphatic carbocycles. The van der Waals surface area contributed by atoms with Gasteiger partial charge in [-0.15, -0.1) is 24.0 Å². The molecule has 0 amide bonds. The Labute approximate surface area is 156 Å². The van der Waals surface area contributed by atoms with Gasteiger partial charge in [-0.25, -0.2) is 13.6 Å². The van der Waals surface area contributed by atoms with Crippen LogP contribution in [-0.2, 0) is 16.4 Å². The molecule has 8 heteroatoms. The van der Waals surface area contributed by atoms with Crippen LogP contribution in [-0.4, -0.2) is 34.0 Å². The highest BCUT2D eigenvalue weighted by molar-refractivity contribution is 14.0. The normalized spacial score (nSPS) is 12.0. The van der Waals surface area contributed by atoms with Crippen LogP contribution in [0.25, 0.3) is 0 Å². The zero-order valence-electron chi connectivity index (χ0n) is 13.9. The summed E-state index contributed by atoms with van der Waals surface area (Å²) in [6, 6.07) is 6.62. The summed E-state index contributed by atoms with van der Waals surface area (Å²) >= 11 is 0. The van der Waals surface area contributed by atoms with Gasteiger partial charge in [-0.05, 0) is 37.0 Å². The molecule has 1 aromatic rings. The minimum atomic E-state index is -3.62. The number of aliphatic imine (C=N–C) groups is 1. The number of rotatable bonds is 7. The van der Waals surface area contributed by atoms with Crippen LogP contribution in [0.5, 0.6) is 0 Å². The van der Waals surface area contributed by atoms with E-state index in [9.17, 15) is 8.42 Å². The number of hydrogen-bond donors (Lipinski definition) is 3. The Bertz CT molecular complexity index is 586. The van der Waals surface area contributed by atoms with E-state index in [2.05, 4.69) is 29.5 Å². The molecule has 23 heavy (non-hydrogen) atoms. The lowest BCUT2D eigenvalue weighted by Gasteiger charge is -2.12. The second-order valence-electron chi connectivity index (χ2n) is 5.48. The second-order valence-corrected chi connectivity index (χ2v) is 7.04. The number of halogens is 1. The Morgan fingerprint density at radius 2 is 1.83 bits per heavy atom. The number of guanidine groups is 1. The van der Waals surface area contributed by atoms with Gasteiger partial charge in [-0.1, -0.05) is 26.0 Å². The molecule has 0 aliphatic heterocycles. The molecular formula is C15H27IN4O2S. The molecule has 0 aliphatic rings. The van der Waals surface area contributed by atoms with Crippen molar-refractivity contribution in [2.45, 2.75) is 32.1 Å². The Balaban J connectivity index is 0.00000484. The smallest absolute Gasteiger partial charge is 0.238 e. The Hall–Kier alpha value is -0.870. The van der Waals surface area contributed by atoms with Crippen molar-refractivity contribution in [2.24, 2.45) is 16.0 Å². The number of nitrogens with two attached hydrogens (primary N) is 1. The minimum Gasteiger partial charge on any atom is -0.357 e. The van der Waals surface area contributed by atoms with Gasteiger partial charge in [0.15, 0.2) is 5.96 Å². The molecule has 1 rings (SSSR count). The quantitative estimate of drug-likeness (QED) is 0.332. The van der Waals surface area contributed by atoms with Crippen LogP contribution in [0.15, 0.2) is 34.2 Å². The molecule has 4 N–H and O–H groups in total. The summed E-state index contributed by atoms with van der Waals surface area (Å²) in [7, 11) is -3.62. The predicted octanol–water partition coefficient (Wildman–Crippen LogP) is 1.71. The highest BCUT2D eigenvalue weighted by Crippen LogP contribution is 2.08. The molecule has 6 nitrogen and oxygen atoms in total. The van der Waals surface area contributed by atoms with Crippen molar-refractivity contribution in [1.82, 2.24) is 10.6 Å². The number of nitrogens with one attached hydrogen (secondary N) is 2. The molecule has 0 spiro atoms. The molecule has 0 radical (unpaired) electrons. The van der Waals surface area contributed by atoms with Gasteiger partial charge in [0.25, 0.3) is 0 Å². The molecule has 0 bridgehead atoms. The highest BCUT2D eigenvalue weighted by atomic mass is 127. The first-order valence-corrected chi connectivity index (χ1v) is 9.01. The van der Waals surface area contributed by atoms with Crippen molar-refractivity contribution < 1.29 is 8.42 Å². The van der Waals surface area contributed by atoms with E-state index < -0.39 is 10.0 Å². The van der Waals surface area contributed by atoms with Gasteiger partial charge < -0.3 is 10.6 Å². The molecule has 0 heterocycles. The van der Waals surface area contributed by atoms with E-state index in [1.807, 2.05) is 6.92 Å². The van der Waals surface area contributed by atoms with Crippen LogP contribution in [0.4, 0.5) is 0 Å². The van der Waals surface area contributed by atoms with E-state index in [1.165, 1.54) is 12.1 Å². The maximum absolute atomic E-state index is 11.2. The van der Waals surface area contributed by atoms with Crippen molar-refractivity contribution in [3.05, 3.63) is 29.8 Å². The van der Waals surface area contributed by atoms with Crippen LogP contribution < -0.4 is 15.8 Å². The Kier molecular flexibility index (Phi) is 10.4. The number of primary sulfonamides is 1. The van der Waals surface area contributed by atoms with Crippen molar-refractivity contribution in [3.8, 4) is 0 Å². The third-order valence-electron chi connectivity index (χ3n) is 2.92. The van der Waals surface area contributed by atoms with Gasteiger partial charge in [-0.3, -0.25) is 4.99 Å². The molecule has 0 saturated heterocycles. The first kappa shape index (κ1) is 22.1. The number of hydrogen-bond acceptors (Lipinski definition) is 3. The molecule has 0 unspecified atom stereocenters. The van der Waals surface area contributed by atoms with Crippen molar-refractivity contribution in [1.29, 1.82) is 0 Å². The average Bonchev–Trinajstić information content (AvgIpc) is 2.44. The third-order valence-corrected chi connectivity index (χ3v) is 3.85. The van der Waals surface area contributed by atoms with Crippen LogP contribution >= 0.6 is 24.0 Å². The molecule has 0 fully saturated rings. The van der Waals surface area contributed by atoms with E-state index in [-0.39, 0.29) is 28.9 Å². The van der Waals surface area contributed by atoms with Crippen molar-refractivity contribution in [3.63, 3.8) is 0 Å². The largest absolute Gasteiger partial charge is 0.357 e. The fourth-order valence-corrected chi connectivity index (χ4v) is 2.30. The zero-order chi connectivity index (χ0) is 16.6. The first-order chi connectivity index (χ1) is 10.3. The lowest BCUT2D eigenvalue weighted by atomic mass is 10.1. The number of nitrogens with zero attached hydrogens (tertiary/aromatic N) is 1. The van der Waals surface area contributed by atoms with E-state index in [0.29, 0.717) is 5.92 Å². The lowest BCUT2D eigenvalue weighted by Crippen LogP contribution is -2.38. The van der Waals surface area contributed by atoms with E-state index >= 15 is 0 Å². The van der Waals surface area contributed by atoms with Crippen LogP contribution in [0, 0.1) is 5.92 Å². The van der Waals surface area contributed by atoms with E-state index in [1.54, 1.807) is 12.1 Å². The Morgan fingerprint density at radius 3 is 2.30 bits per heavy atom. The van der Waals surface area contributed by atoms with Gasteiger partial charge in [-0.2, -0.15) is 0 Å². The maximum atomic E-state index is 11.2. The van der Waals surface area contributed by atoms with Crippen LogP contribution in [0.2, 0.25) is 0 Å². The number of benzene rings is 1. The summed E-state index contributed by atoms with van der Waals surface area (Å²) in [6.45, 7) is 8.59. The second kappa shape index (κ2) is 10.8. The van der Waals surface area contributed by atoms with Crippen LogP contribution in [0.1, 0.15) is 26.3 Å². The molecular weight excluding hydrogens is 427 g/mol. The zero-order valence-corrected chi connectivity index (χ0v) is 17.0. The maximum Gasteiger partial charge on any atom is 0.238 e. The summed E-state index contributed by atoms with van der Waals surface area (Å²) in [4.78, 5) is 4.62. The third kappa shape index (κ3) is 9.11. The fourth-order valence-electron chi connectivity index (χ4n) is 1.79. The van der Waals surface area contributed by atoms with Gasteiger partial charge in [0.1, 0.15) is 0 Å². The fraction of sp³-hybridized carbons (Fsp3) is 0.533. The standard InChI is InChI=1S/C15H26N4O2S.HI/c1-4-17-15(19-11-12(2)3)18-10-9-13-5-7-14(8-6-13)22(16,20)21;/h5-8,12H,4,9-11H2,1-3H3,(H2,16,20,21)(H2,17,18,19);1H. The molecule has 0 atom stereocenters. The minimum absolute atomic E-state index is 0. The summed E-state index contributed by atoms with van der Waals surface area (Å²) in [5.41, 5.74) is 1.04. The average molecular weight is 454 g/mol. The van der Waals surface area contributed by atoms with Gasteiger partial charge in [0, 0.05) is 19.6 Å². The summed E-state index contributed by atoms with van der Waals surface area (Å²) < 4.78 is 22.4. The summed E-state index contributed by atoms with van der Waals surface area (Å²) in [5, 5.41) is 11.5. The van der Waals surface area contributed by atoms with Gasteiger partial charge in [0.2, 0.25) is 10.0 Å². The predicted molar refractivity (Wildman–Crippen MR) is 106 cm³/mol. The number of sulfonamides is 1. The van der Waals surface area contributed by atoms with Gasteiger partial charge >= 0.3 is 0 Å². The SMILES string of the molecule is CCNC(=NCC(C)C)NCCc1ccc(S(N)(=O)=O)cc1.I.